The smallest absolute Gasteiger partial charge is 0.253 e. The Hall–Kier alpha value is -2.33. The van der Waals surface area contributed by atoms with Crippen LogP contribution in [0.3, 0.4) is 0 Å². The predicted molar refractivity (Wildman–Crippen MR) is 139 cm³/mol. The number of ether oxygens (including phenoxy) is 2. The zero-order valence-electron chi connectivity index (χ0n) is 19.0. The summed E-state index contributed by atoms with van der Waals surface area (Å²) < 4.78 is 11.0. The second kappa shape index (κ2) is 13.3. The molecule has 7 nitrogen and oxygen atoms in total. The van der Waals surface area contributed by atoms with Crippen LogP contribution in [0.5, 0.6) is 5.75 Å². The topological polar surface area (TPSA) is 75.2 Å². The van der Waals surface area contributed by atoms with Crippen LogP contribution in [0.2, 0.25) is 0 Å². The number of carbonyl (C=O) groups is 1. The molecule has 1 atom stereocenters. The molecule has 2 aromatic carbocycles. The molecule has 1 heterocycles. The molecule has 1 fully saturated rings. The Morgan fingerprint density at radius 3 is 2.66 bits per heavy atom. The van der Waals surface area contributed by atoms with Gasteiger partial charge < -0.3 is 25.0 Å². The van der Waals surface area contributed by atoms with Crippen LogP contribution in [-0.2, 0) is 22.6 Å². The number of rotatable bonds is 8. The summed E-state index contributed by atoms with van der Waals surface area (Å²) in [6.45, 7) is 4.62. The van der Waals surface area contributed by atoms with Gasteiger partial charge in [-0.2, -0.15) is 0 Å². The van der Waals surface area contributed by atoms with Crippen LogP contribution in [0.15, 0.2) is 53.5 Å². The maximum absolute atomic E-state index is 12.3. The molecule has 1 aliphatic rings. The summed E-state index contributed by atoms with van der Waals surface area (Å²) in [6, 6.07) is 15.9. The van der Waals surface area contributed by atoms with Crippen LogP contribution >= 0.6 is 24.0 Å². The fraction of sp³-hybridized carbons (Fsp3) is 0.417. The molecular formula is C24H33IN4O3. The van der Waals surface area contributed by atoms with E-state index in [1.165, 1.54) is 5.56 Å². The highest BCUT2D eigenvalue weighted by Crippen LogP contribution is 2.17. The minimum atomic E-state index is -0.336. The van der Waals surface area contributed by atoms with Gasteiger partial charge in [-0.15, -0.1) is 24.0 Å². The number of hydrogen-bond acceptors (Lipinski definition) is 4. The van der Waals surface area contributed by atoms with Crippen molar-refractivity contribution in [3.8, 4) is 5.75 Å². The number of guanidine groups is 1. The average molecular weight is 552 g/mol. The molecule has 0 radical (unpaired) electrons. The van der Waals surface area contributed by atoms with Crippen molar-refractivity contribution in [1.29, 1.82) is 0 Å². The lowest BCUT2D eigenvalue weighted by Crippen LogP contribution is -2.38. The van der Waals surface area contributed by atoms with Crippen molar-refractivity contribution in [2.75, 3.05) is 32.6 Å². The molecule has 0 aliphatic carbocycles. The van der Waals surface area contributed by atoms with Crippen molar-refractivity contribution >= 4 is 41.5 Å². The Kier molecular flexibility index (Phi) is 10.8. The quantitative estimate of drug-likeness (QED) is 0.294. The van der Waals surface area contributed by atoms with Crippen LogP contribution < -0.4 is 15.4 Å². The van der Waals surface area contributed by atoms with Gasteiger partial charge in [-0.1, -0.05) is 24.3 Å². The fourth-order valence-corrected chi connectivity index (χ4v) is 3.54. The van der Waals surface area contributed by atoms with Gasteiger partial charge in [-0.3, -0.25) is 9.79 Å². The summed E-state index contributed by atoms with van der Waals surface area (Å²) in [7, 11) is 3.78. The molecule has 0 spiro atoms. The Bertz CT molecular complexity index is 883. The number of carbonyl (C=O) groups excluding carboxylic acids is 1. The molecule has 0 bridgehead atoms. The number of anilines is 1. The first kappa shape index (κ1) is 25.9. The third kappa shape index (κ3) is 7.67. The lowest BCUT2D eigenvalue weighted by atomic mass is 10.2. The zero-order valence-corrected chi connectivity index (χ0v) is 21.3. The van der Waals surface area contributed by atoms with E-state index in [1.807, 2.05) is 50.4 Å². The number of aliphatic imine (C=N–C) groups is 1. The molecule has 174 valence electrons. The summed E-state index contributed by atoms with van der Waals surface area (Å²) in [5.74, 6) is 1.60. The minimum absolute atomic E-state index is 0. The maximum atomic E-state index is 12.3. The second-order valence-electron chi connectivity index (χ2n) is 7.53. The number of nitrogens with one attached hydrogen (secondary N) is 2. The van der Waals surface area contributed by atoms with E-state index in [9.17, 15) is 4.79 Å². The first-order valence-electron chi connectivity index (χ1n) is 10.7. The van der Waals surface area contributed by atoms with Gasteiger partial charge in [0.2, 0.25) is 0 Å². The molecule has 1 aliphatic heterocycles. The van der Waals surface area contributed by atoms with Crippen LogP contribution in [0.4, 0.5) is 5.69 Å². The number of benzene rings is 2. The molecule has 1 amide bonds. The van der Waals surface area contributed by atoms with Crippen molar-refractivity contribution in [3.63, 3.8) is 0 Å². The second-order valence-corrected chi connectivity index (χ2v) is 7.53. The third-order valence-corrected chi connectivity index (χ3v) is 5.09. The molecule has 1 unspecified atom stereocenters. The van der Waals surface area contributed by atoms with Gasteiger partial charge in [-0.25, -0.2) is 0 Å². The molecule has 2 aromatic rings. The van der Waals surface area contributed by atoms with Gasteiger partial charge in [0.1, 0.15) is 11.9 Å². The van der Waals surface area contributed by atoms with E-state index < -0.39 is 0 Å². The SMILES string of the molecule is CCOc1ccc(CN(C)C(=NC)NCc2cccc(NC(=O)C3CCCO3)c2)cc1.I. The maximum Gasteiger partial charge on any atom is 0.253 e. The molecule has 0 aromatic heterocycles. The molecule has 3 rings (SSSR count). The molecular weight excluding hydrogens is 519 g/mol. The average Bonchev–Trinajstić information content (AvgIpc) is 3.31. The molecule has 32 heavy (non-hydrogen) atoms. The molecule has 2 N–H and O–H groups in total. The third-order valence-electron chi connectivity index (χ3n) is 5.09. The van der Waals surface area contributed by atoms with Crippen molar-refractivity contribution < 1.29 is 14.3 Å². The van der Waals surface area contributed by atoms with Crippen molar-refractivity contribution in [2.24, 2.45) is 4.99 Å². The highest BCUT2D eigenvalue weighted by atomic mass is 127. The van der Waals surface area contributed by atoms with E-state index in [1.54, 1.807) is 7.05 Å². The first-order chi connectivity index (χ1) is 15.1. The number of nitrogens with zero attached hydrogens (tertiary/aromatic N) is 2. The van der Waals surface area contributed by atoms with Crippen molar-refractivity contribution in [1.82, 2.24) is 10.2 Å². The summed E-state index contributed by atoms with van der Waals surface area (Å²) in [6.07, 6.45) is 1.38. The van der Waals surface area contributed by atoms with Crippen LogP contribution in [0, 0.1) is 0 Å². The van der Waals surface area contributed by atoms with Gasteiger partial charge in [0, 0.05) is 39.5 Å². The van der Waals surface area contributed by atoms with E-state index in [2.05, 4.69) is 32.7 Å². The fourth-order valence-electron chi connectivity index (χ4n) is 3.54. The molecule has 1 saturated heterocycles. The van der Waals surface area contributed by atoms with E-state index in [-0.39, 0.29) is 36.0 Å². The van der Waals surface area contributed by atoms with Crippen LogP contribution in [0.1, 0.15) is 30.9 Å². The van der Waals surface area contributed by atoms with Crippen molar-refractivity contribution in [2.45, 2.75) is 39.0 Å². The molecule has 8 heteroatoms. The standard InChI is InChI=1S/C24H32N4O3.HI/c1-4-30-21-12-10-18(11-13-21)17-28(3)24(25-2)26-16-19-7-5-8-20(15-19)27-23(29)22-9-6-14-31-22;/h5,7-8,10-13,15,22H,4,6,9,14,16-17H2,1-3H3,(H,25,26)(H,27,29);1H. The number of hydrogen-bond donors (Lipinski definition) is 2. The van der Waals surface area contributed by atoms with Crippen molar-refractivity contribution in [3.05, 3.63) is 59.7 Å². The van der Waals surface area contributed by atoms with Gasteiger partial charge in [-0.05, 0) is 55.2 Å². The number of amides is 1. The van der Waals surface area contributed by atoms with Crippen LogP contribution in [-0.4, -0.2) is 50.2 Å². The summed E-state index contributed by atoms with van der Waals surface area (Å²) >= 11 is 0. The summed E-state index contributed by atoms with van der Waals surface area (Å²) in [4.78, 5) is 18.7. The Balaban J connectivity index is 0.00000363. The Labute approximate surface area is 207 Å². The highest BCUT2D eigenvalue weighted by molar-refractivity contribution is 14.0. The lowest BCUT2D eigenvalue weighted by Gasteiger charge is -2.22. The molecule has 0 saturated carbocycles. The predicted octanol–water partition coefficient (Wildman–Crippen LogP) is 4.03. The first-order valence-corrected chi connectivity index (χ1v) is 10.7. The van der Waals surface area contributed by atoms with Gasteiger partial charge >= 0.3 is 0 Å². The van der Waals surface area contributed by atoms with E-state index in [4.69, 9.17) is 9.47 Å². The summed E-state index contributed by atoms with van der Waals surface area (Å²) in [5, 5.41) is 6.34. The van der Waals surface area contributed by atoms with Gasteiger partial charge in [0.25, 0.3) is 5.91 Å². The summed E-state index contributed by atoms with van der Waals surface area (Å²) in [5.41, 5.74) is 3.01. The normalized spacial score (nSPS) is 15.6. The van der Waals surface area contributed by atoms with Gasteiger partial charge in [0.15, 0.2) is 5.96 Å². The Morgan fingerprint density at radius 1 is 1.22 bits per heavy atom. The van der Waals surface area contributed by atoms with E-state index in [0.29, 0.717) is 19.8 Å². The largest absolute Gasteiger partial charge is 0.494 e. The zero-order chi connectivity index (χ0) is 22.1. The Morgan fingerprint density at radius 2 is 2.00 bits per heavy atom. The monoisotopic (exact) mass is 552 g/mol. The highest BCUT2D eigenvalue weighted by Gasteiger charge is 2.23. The van der Waals surface area contributed by atoms with Crippen LogP contribution in [0.25, 0.3) is 0 Å². The van der Waals surface area contributed by atoms with E-state index >= 15 is 0 Å². The minimum Gasteiger partial charge on any atom is -0.494 e. The van der Waals surface area contributed by atoms with E-state index in [0.717, 1.165) is 42.3 Å². The van der Waals surface area contributed by atoms with Gasteiger partial charge in [0.05, 0.1) is 6.61 Å². The number of halogens is 1. The lowest BCUT2D eigenvalue weighted by molar-refractivity contribution is -0.124.